The summed E-state index contributed by atoms with van der Waals surface area (Å²) in [6.45, 7) is 3.09. The molecule has 0 saturated carbocycles. The van der Waals surface area contributed by atoms with Crippen LogP contribution in [0.3, 0.4) is 0 Å². The van der Waals surface area contributed by atoms with Gasteiger partial charge in [-0.1, -0.05) is 35.5 Å². The van der Waals surface area contributed by atoms with Crippen molar-refractivity contribution in [3.63, 3.8) is 0 Å². The lowest BCUT2D eigenvalue weighted by molar-refractivity contribution is 0.176. The second kappa shape index (κ2) is 6.20. The van der Waals surface area contributed by atoms with Crippen LogP contribution in [-0.2, 0) is 6.54 Å². The summed E-state index contributed by atoms with van der Waals surface area (Å²) in [5.74, 6) is 0.951. The molecule has 20 heavy (non-hydrogen) atoms. The van der Waals surface area contributed by atoms with Crippen molar-refractivity contribution in [3.05, 3.63) is 42.2 Å². The van der Waals surface area contributed by atoms with Crippen LogP contribution in [0.4, 0.5) is 0 Å². The predicted molar refractivity (Wildman–Crippen MR) is 79.3 cm³/mol. The van der Waals surface area contributed by atoms with Crippen molar-refractivity contribution in [2.75, 3.05) is 20.1 Å². The lowest BCUT2D eigenvalue weighted by atomic mass is 10.1. The summed E-state index contributed by atoms with van der Waals surface area (Å²) in [6, 6.07) is 12.9. The lowest BCUT2D eigenvalue weighted by Gasteiger charge is -2.30. The van der Waals surface area contributed by atoms with Gasteiger partial charge in [0.05, 0.1) is 6.54 Å². The van der Waals surface area contributed by atoms with Crippen LogP contribution in [0.5, 0.6) is 0 Å². The third-order valence-electron chi connectivity index (χ3n) is 4.00. The standard InChI is InChI=1S/C16H21N3O/c1-17-14-7-9-19(10-8-14)12-15-11-16(18-20-15)13-5-3-2-4-6-13/h2-6,11,14,17H,7-10,12H2,1H3. The lowest BCUT2D eigenvalue weighted by Crippen LogP contribution is -2.40. The van der Waals surface area contributed by atoms with E-state index in [1.54, 1.807) is 0 Å². The molecular weight excluding hydrogens is 250 g/mol. The molecular formula is C16H21N3O. The molecule has 3 rings (SSSR count). The van der Waals surface area contributed by atoms with E-state index in [-0.39, 0.29) is 0 Å². The molecule has 1 aliphatic rings. The van der Waals surface area contributed by atoms with Gasteiger partial charge >= 0.3 is 0 Å². The zero-order valence-electron chi connectivity index (χ0n) is 11.9. The summed E-state index contributed by atoms with van der Waals surface area (Å²) in [4.78, 5) is 2.43. The van der Waals surface area contributed by atoms with Crippen molar-refractivity contribution in [1.82, 2.24) is 15.4 Å². The molecule has 0 atom stereocenters. The Hall–Kier alpha value is -1.65. The first kappa shape index (κ1) is 13.3. The number of piperidine rings is 1. The van der Waals surface area contributed by atoms with E-state index in [2.05, 4.69) is 33.6 Å². The van der Waals surface area contributed by atoms with Gasteiger partial charge in [-0.05, 0) is 19.9 Å². The number of hydrogen-bond donors (Lipinski definition) is 1. The monoisotopic (exact) mass is 271 g/mol. The van der Waals surface area contributed by atoms with Crippen LogP contribution in [-0.4, -0.2) is 36.2 Å². The maximum Gasteiger partial charge on any atom is 0.151 e. The number of nitrogens with zero attached hydrogens (tertiary/aromatic N) is 2. The highest BCUT2D eigenvalue weighted by Gasteiger charge is 2.19. The SMILES string of the molecule is CNC1CCN(Cc2cc(-c3ccccc3)no2)CC1. The van der Waals surface area contributed by atoms with E-state index in [1.807, 2.05) is 25.2 Å². The van der Waals surface area contributed by atoms with E-state index in [0.29, 0.717) is 6.04 Å². The van der Waals surface area contributed by atoms with E-state index >= 15 is 0 Å². The average Bonchev–Trinajstić information content (AvgIpc) is 2.97. The fourth-order valence-corrected chi connectivity index (χ4v) is 2.73. The Kier molecular flexibility index (Phi) is 4.14. The summed E-state index contributed by atoms with van der Waals surface area (Å²) < 4.78 is 5.47. The summed E-state index contributed by atoms with van der Waals surface area (Å²) >= 11 is 0. The van der Waals surface area contributed by atoms with Crippen LogP contribution in [0, 0.1) is 0 Å². The fourth-order valence-electron chi connectivity index (χ4n) is 2.73. The third kappa shape index (κ3) is 3.08. The van der Waals surface area contributed by atoms with Gasteiger partial charge in [-0.2, -0.15) is 0 Å². The van der Waals surface area contributed by atoms with Crippen LogP contribution in [0.1, 0.15) is 18.6 Å². The molecule has 1 aromatic heterocycles. The summed E-state index contributed by atoms with van der Waals surface area (Å²) in [5, 5.41) is 7.52. The first-order valence-corrected chi connectivity index (χ1v) is 7.26. The van der Waals surface area contributed by atoms with Gasteiger partial charge in [0.15, 0.2) is 5.76 Å². The Morgan fingerprint density at radius 1 is 1.25 bits per heavy atom. The van der Waals surface area contributed by atoms with Gasteiger partial charge in [0, 0.05) is 30.8 Å². The van der Waals surface area contributed by atoms with Crippen molar-refractivity contribution < 1.29 is 4.52 Å². The normalized spacial score (nSPS) is 17.4. The molecule has 1 aliphatic heterocycles. The molecule has 2 heterocycles. The van der Waals surface area contributed by atoms with Crippen LogP contribution in [0.2, 0.25) is 0 Å². The second-order valence-corrected chi connectivity index (χ2v) is 5.38. The smallest absolute Gasteiger partial charge is 0.151 e. The predicted octanol–water partition coefficient (Wildman–Crippen LogP) is 2.53. The topological polar surface area (TPSA) is 41.3 Å². The maximum absolute atomic E-state index is 5.47. The molecule has 0 bridgehead atoms. The van der Waals surface area contributed by atoms with Crippen LogP contribution < -0.4 is 5.32 Å². The van der Waals surface area contributed by atoms with E-state index in [4.69, 9.17) is 4.52 Å². The molecule has 0 radical (unpaired) electrons. The Labute approximate surface area is 119 Å². The zero-order chi connectivity index (χ0) is 13.8. The first-order chi connectivity index (χ1) is 9.85. The number of benzene rings is 1. The molecule has 2 aromatic rings. The van der Waals surface area contributed by atoms with E-state index in [1.165, 1.54) is 12.8 Å². The number of rotatable bonds is 4. The molecule has 4 nitrogen and oxygen atoms in total. The van der Waals surface area contributed by atoms with Gasteiger partial charge in [-0.3, -0.25) is 4.90 Å². The summed E-state index contributed by atoms with van der Waals surface area (Å²) in [5.41, 5.74) is 2.03. The Balaban J connectivity index is 1.61. The number of aromatic nitrogens is 1. The molecule has 0 aliphatic carbocycles. The third-order valence-corrected chi connectivity index (χ3v) is 4.00. The molecule has 4 heteroatoms. The fraction of sp³-hybridized carbons (Fsp3) is 0.438. The second-order valence-electron chi connectivity index (χ2n) is 5.38. The van der Waals surface area contributed by atoms with Crippen LogP contribution in [0.15, 0.2) is 40.9 Å². The maximum atomic E-state index is 5.47. The van der Waals surface area contributed by atoms with Crippen LogP contribution >= 0.6 is 0 Å². The molecule has 1 aromatic carbocycles. The van der Waals surface area contributed by atoms with Crippen molar-refractivity contribution in [2.24, 2.45) is 0 Å². The highest BCUT2D eigenvalue weighted by Crippen LogP contribution is 2.20. The highest BCUT2D eigenvalue weighted by molar-refractivity contribution is 5.58. The molecule has 1 saturated heterocycles. The Morgan fingerprint density at radius 2 is 2.00 bits per heavy atom. The van der Waals surface area contributed by atoms with E-state index in [9.17, 15) is 0 Å². The molecule has 106 valence electrons. The Bertz CT molecular complexity index is 530. The minimum Gasteiger partial charge on any atom is -0.359 e. The Morgan fingerprint density at radius 3 is 2.70 bits per heavy atom. The van der Waals surface area contributed by atoms with Crippen molar-refractivity contribution >= 4 is 0 Å². The molecule has 0 amide bonds. The van der Waals surface area contributed by atoms with E-state index in [0.717, 1.165) is 36.7 Å². The van der Waals surface area contributed by atoms with Crippen LogP contribution in [0.25, 0.3) is 11.3 Å². The molecule has 1 N–H and O–H groups in total. The first-order valence-electron chi connectivity index (χ1n) is 7.26. The molecule has 1 fully saturated rings. The van der Waals surface area contributed by atoms with Gasteiger partial charge in [-0.25, -0.2) is 0 Å². The van der Waals surface area contributed by atoms with Gasteiger partial charge in [0.1, 0.15) is 5.69 Å². The van der Waals surface area contributed by atoms with Crippen molar-refractivity contribution in [2.45, 2.75) is 25.4 Å². The van der Waals surface area contributed by atoms with Gasteiger partial charge < -0.3 is 9.84 Å². The summed E-state index contributed by atoms with van der Waals surface area (Å²) in [7, 11) is 2.04. The number of nitrogens with one attached hydrogen (secondary N) is 1. The minimum atomic E-state index is 0.667. The average molecular weight is 271 g/mol. The van der Waals surface area contributed by atoms with E-state index < -0.39 is 0 Å². The molecule has 0 spiro atoms. The highest BCUT2D eigenvalue weighted by atomic mass is 16.5. The van der Waals surface area contributed by atoms with Gasteiger partial charge in [-0.15, -0.1) is 0 Å². The summed E-state index contributed by atoms with van der Waals surface area (Å²) in [6.07, 6.45) is 2.41. The van der Waals surface area contributed by atoms with Crippen molar-refractivity contribution in [1.29, 1.82) is 0 Å². The molecule has 0 unspecified atom stereocenters. The van der Waals surface area contributed by atoms with Crippen molar-refractivity contribution in [3.8, 4) is 11.3 Å². The van der Waals surface area contributed by atoms with Gasteiger partial charge in [0.2, 0.25) is 0 Å². The van der Waals surface area contributed by atoms with Gasteiger partial charge in [0.25, 0.3) is 0 Å². The number of likely N-dealkylation sites (tertiary alicyclic amines) is 1. The zero-order valence-corrected chi connectivity index (χ0v) is 11.9. The minimum absolute atomic E-state index is 0.667. The number of hydrogen-bond acceptors (Lipinski definition) is 4. The largest absolute Gasteiger partial charge is 0.359 e. The quantitative estimate of drug-likeness (QED) is 0.928.